The smallest absolute Gasteiger partial charge is 0.145 e. The lowest BCUT2D eigenvalue weighted by atomic mass is 9.96. The first-order valence-electron chi connectivity index (χ1n) is 10.9. The number of hydrogen-bond acceptors (Lipinski definition) is 5. The lowest BCUT2D eigenvalue weighted by molar-refractivity contribution is 0.178. The molecule has 0 aliphatic carbocycles. The summed E-state index contributed by atoms with van der Waals surface area (Å²) in [5, 5.41) is 0. The molecule has 1 aromatic heterocycles. The monoisotopic (exact) mass is 394 g/mol. The fraction of sp³-hybridized carbons (Fsp3) is 0.583. The van der Waals surface area contributed by atoms with Crippen molar-refractivity contribution in [3.8, 4) is 5.75 Å². The second kappa shape index (κ2) is 8.41. The number of fused-ring (bicyclic) bond motifs is 1. The Balaban J connectivity index is 1.51. The van der Waals surface area contributed by atoms with Crippen LogP contribution in [0.3, 0.4) is 0 Å². The molecule has 1 saturated heterocycles. The van der Waals surface area contributed by atoms with Gasteiger partial charge in [0.25, 0.3) is 0 Å². The lowest BCUT2D eigenvalue weighted by Crippen LogP contribution is -2.34. The number of aryl methyl sites for hydroxylation is 1. The summed E-state index contributed by atoms with van der Waals surface area (Å²) < 4.78 is 5.53. The predicted molar refractivity (Wildman–Crippen MR) is 116 cm³/mol. The highest BCUT2D eigenvalue weighted by molar-refractivity contribution is 5.48. The first-order valence-corrected chi connectivity index (χ1v) is 10.9. The van der Waals surface area contributed by atoms with Crippen molar-refractivity contribution in [2.24, 2.45) is 0 Å². The molecule has 29 heavy (non-hydrogen) atoms. The van der Waals surface area contributed by atoms with E-state index in [0.29, 0.717) is 6.04 Å². The van der Waals surface area contributed by atoms with Crippen molar-refractivity contribution >= 4 is 0 Å². The van der Waals surface area contributed by atoms with E-state index >= 15 is 0 Å². The van der Waals surface area contributed by atoms with Gasteiger partial charge in [-0.2, -0.15) is 0 Å². The molecule has 0 spiro atoms. The predicted octanol–water partition coefficient (Wildman–Crippen LogP) is 4.13. The largest absolute Gasteiger partial charge is 0.496 e. The van der Waals surface area contributed by atoms with Gasteiger partial charge in [0.05, 0.1) is 13.2 Å². The molecule has 0 radical (unpaired) electrons. The van der Waals surface area contributed by atoms with Crippen LogP contribution in [0.15, 0.2) is 12.3 Å². The molecule has 1 aromatic carbocycles. The maximum absolute atomic E-state index is 5.53. The number of piperidine rings is 1. The first-order chi connectivity index (χ1) is 14.0. The first kappa shape index (κ1) is 20.3. The van der Waals surface area contributed by atoms with Gasteiger partial charge in [-0.1, -0.05) is 6.42 Å². The molecule has 2 aliphatic heterocycles. The Labute approximate surface area is 175 Å². The Bertz CT molecular complexity index is 895. The van der Waals surface area contributed by atoms with Gasteiger partial charge in [-0.3, -0.25) is 9.80 Å². The molecular weight excluding hydrogens is 360 g/mol. The average molecular weight is 395 g/mol. The number of ether oxygens (including phenoxy) is 1. The van der Waals surface area contributed by atoms with E-state index in [1.807, 2.05) is 0 Å². The number of hydrogen-bond donors (Lipinski definition) is 0. The van der Waals surface area contributed by atoms with Gasteiger partial charge in [0, 0.05) is 43.5 Å². The molecule has 2 aliphatic rings. The third kappa shape index (κ3) is 4.03. The Hall–Kier alpha value is -1.98. The second-order valence-corrected chi connectivity index (χ2v) is 8.78. The average Bonchev–Trinajstić information content (AvgIpc) is 2.73. The van der Waals surface area contributed by atoms with Crippen LogP contribution in [0.5, 0.6) is 5.75 Å². The summed E-state index contributed by atoms with van der Waals surface area (Å²) >= 11 is 0. The van der Waals surface area contributed by atoms with Gasteiger partial charge in [0.2, 0.25) is 0 Å². The number of rotatable bonds is 4. The van der Waals surface area contributed by atoms with Gasteiger partial charge in [0.1, 0.15) is 11.6 Å². The minimum absolute atomic E-state index is 0.389. The van der Waals surface area contributed by atoms with Crippen LogP contribution in [0.25, 0.3) is 0 Å². The summed E-state index contributed by atoms with van der Waals surface area (Å²) in [6.45, 7) is 10.7. The summed E-state index contributed by atoms with van der Waals surface area (Å²) in [7, 11) is 3.96. The zero-order valence-corrected chi connectivity index (χ0v) is 18.6. The number of nitrogens with zero attached hydrogens (tertiary/aromatic N) is 4. The van der Waals surface area contributed by atoms with E-state index in [2.05, 4.69) is 49.9 Å². The van der Waals surface area contributed by atoms with Crippen molar-refractivity contribution in [3.05, 3.63) is 51.6 Å². The van der Waals surface area contributed by atoms with Crippen molar-refractivity contribution in [1.29, 1.82) is 0 Å². The van der Waals surface area contributed by atoms with Gasteiger partial charge >= 0.3 is 0 Å². The molecular formula is C24H34N4O. The van der Waals surface area contributed by atoms with E-state index in [4.69, 9.17) is 14.7 Å². The zero-order valence-electron chi connectivity index (χ0n) is 18.6. The minimum Gasteiger partial charge on any atom is -0.496 e. The molecule has 1 atom stereocenters. The molecule has 0 bridgehead atoms. The Morgan fingerprint density at radius 3 is 2.72 bits per heavy atom. The zero-order chi connectivity index (χ0) is 20.5. The van der Waals surface area contributed by atoms with E-state index in [1.54, 1.807) is 7.11 Å². The summed E-state index contributed by atoms with van der Waals surface area (Å²) in [6, 6.07) is 2.56. The Morgan fingerprint density at radius 1 is 1.14 bits per heavy atom. The summed E-state index contributed by atoms with van der Waals surface area (Å²) in [4.78, 5) is 14.7. The van der Waals surface area contributed by atoms with Crippen molar-refractivity contribution in [2.75, 3.05) is 27.2 Å². The minimum atomic E-state index is 0.389. The standard InChI is InChI=1S/C24H34N4O/c1-16-12-23(29-5)18(3)17(2)20(16)15-28-11-9-21-19(14-28)13-25-24(26-21)22-8-6-7-10-27(22)4/h12-13,22H,6-11,14-15H2,1-5H3/t22-/m1/s1. The van der Waals surface area contributed by atoms with Crippen molar-refractivity contribution in [2.45, 2.75) is 65.6 Å². The molecule has 4 rings (SSSR count). The third-order valence-corrected chi connectivity index (χ3v) is 6.91. The van der Waals surface area contributed by atoms with Crippen LogP contribution in [0, 0.1) is 20.8 Å². The van der Waals surface area contributed by atoms with Gasteiger partial charge in [0.15, 0.2) is 0 Å². The van der Waals surface area contributed by atoms with Gasteiger partial charge in [-0.15, -0.1) is 0 Å². The van der Waals surface area contributed by atoms with Crippen LogP contribution < -0.4 is 4.74 Å². The van der Waals surface area contributed by atoms with Crippen LogP contribution in [0.2, 0.25) is 0 Å². The van der Waals surface area contributed by atoms with Gasteiger partial charge < -0.3 is 4.74 Å². The normalized spacial score (nSPS) is 20.5. The van der Waals surface area contributed by atoms with Gasteiger partial charge in [-0.05, 0) is 75.5 Å². The fourth-order valence-corrected chi connectivity index (χ4v) is 4.86. The number of methoxy groups -OCH3 is 1. The molecule has 2 aromatic rings. The van der Waals surface area contributed by atoms with E-state index in [0.717, 1.165) is 44.2 Å². The van der Waals surface area contributed by atoms with Crippen LogP contribution in [0.1, 0.15) is 64.6 Å². The molecule has 0 amide bonds. The summed E-state index contributed by atoms with van der Waals surface area (Å²) in [6.07, 6.45) is 6.84. The second-order valence-electron chi connectivity index (χ2n) is 8.78. The quantitative estimate of drug-likeness (QED) is 0.780. The van der Waals surface area contributed by atoms with Crippen LogP contribution in [-0.4, -0.2) is 47.0 Å². The molecule has 1 fully saturated rings. The molecule has 3 heterocycles. The van der Waals surface area contributed by atoms with E-state index in [1.165, 1.54) is 52.8 Å². The highest BCUT2D eigenvalue weighted by Gasteiger charge is 2.26. The maximum atomic E-state index is 5.53. The third-order valence-electron chi connectivity index (χ3n) is 6.91. The number of benzene rings is 1. The lowest BCUT2D eigenvalue weighted by Gasteiger charge is -2.33. The maximum Gasteiger partial charge on any atom is 0.145 e. The fourth-order valence-electron chi connectivity index (χ4n) is 4.86. The molecule has 0 saturated carbocycles. The SMILES string of the molecule is COc1cc(C)c(CN2CCc3nc([C@H]4CCCCN4C)ncc3C2)c(C)c1C. The van der Waals surface area contributed by atoms with E-state index in [-0.39, 0.29) is 0 Å². The highest BCUT2D eigenvalue weighted by Crippen LogP contribution is 2.31. The number of aromatic nitrogens is 2. The van der Waals surface area contributed by atoms with E-state index in [9.17, 15) is 0 Å². The van der Waals surface area contributed by atoms with Crippen molar-refractivity contribution in [3.63, 3.8) is 0 Å². The number of likely N-dealkylation sites (tertiary alicyclic amines) is 1. The molecule has 5 nitrogen and oxygen atoms in total. The summed E-state index contributed by atoms with van der Waals surface area (Å²) in [5.41, 5.74) is 7.87. The van der Waals surface area contributed by atoms with Crippen LogP contribution in [-0.2, 0) is 19.5 Å². The molecule has 0 unspecified atom stereocenters. The van der Waals surface area contributed by atoms with Crippen LogP contribution in [0.4, 0.5) is 0 Å². The van der Waals surface area contributed by atoms with Gasteiger partial charge in [-0.25, -0.2) is 9.97 Å². The Kier molecular flexibility index (Phi) is 5.88. The van der Waals surface area contributed by atoms with Crippen LogP contribution >= 0.6 is 0 Å². The Morgan fingerprint density at radius 2 is 1.97 bits per heavy atom. The summed E-state index contributed by atoms with van der Waals surface area (Å²) in [5.74, 6) is 2.01. The van der Waals surface area contributed by atoms with Crippen molar-refractivity contribution in [1.82, 2.24) is 19.8 Å². The molecule has 0 N–H and O–H groups in total. The van der Waals surface area contributed by atoms with E-state index < -0.39 is 0 Å². The topological polar surface area (TPSA) is 41.5 Å². The highest BCUT2D eigenvalue weighted by atomic mass is 16.5. The molecule has 156 valence electrons. The van der Waals surface area contributed by atoms with Crippen molar-refractivity contribution < 1.29 is 4.74 Å². The molecule has 5 heteroatoms.